The molecule has 5 heteroatoms. The molecule has 1 saturated heterocycles. The van der Waals surface area contributed by atoms with Crippen LogP contribution in [-0.2, 0) is 0 Å². The fourth-order valence-electron chi connectivity index (χ4n) is 2.84. The Kier molecular flexibility index (Phi) is 2.73. The van der Waals surface area contributed by atoms with Crippen LogP contribution in [0.5, 0.6) is 0 Å². The number of anilines is 1. The predicted molar refractivity (Wildman–Crippen MR) is 74.6 cm³/mol. The smallest absolute Gasteiger partial charge is 0.196 e. The molecule has 3 nitrogen and oxygen atoms in total. The van der Waals surface area contributed by atoms with Gasteiger partial charge in [0.25, 0.3) is 0 Å². The van der Waals surface area contributed by atoms with Crippen molar-refractivity contribution in [2.75, 3.05) is 17.2 Å². The van der Waals surface area contributed by atoms with E-state index in [0.717, 1.165) is 12.2 Å². The standard InChI is InChI=1S/C13H16FN3S/c1-9-6-13(8-18-9)7-16-12(15)17(13)11-5-3-2-4-10(11)14/h2-5,9H,6-8H2,1H3,(H2,15,16). The Morgan fingerprint density at radius 2 is 2.28 bits per heavy atom. The maximum atomic E-state index is 14.0. The quantitative estimate of drug-likeness (QED) is 0.846. The zero-order chi connectivity index (χ0) is 12.8. The molecule has 2 atom stereocenters. The molecular weight excluding hydrogens is 249 g/mol. The summed E-state index contributed by atoms with van der Waals surface area (Å²) in [5.41, 5.74) is 6.40. The third kappa shape index (κ3) is 1.68. The molecule has 0 bridgehead atoms. The third-order valence-corrected chi connectivity index (χ3v) is 5.08. The molecular formula is C13H16FN3S. The molecule has 3 rings (SSSR count). The highest BCUT2D eigenvalue weighted by Gasteiger charge is 2.48. The van der Waals surface area contributed by atoms with Crippen molar-refractivity contribution < 1.29 is 4.39 Å². The minimum absolute atomic E-state index is 0.129. The van der Waals surface area contributed by atoms with Gasteiger partial charge in [-0.1, -0.05) is 19.1 Å². The Labute approximate surface area is 110 Å². The van der Waals surface area contributed by atoms with E-state index in [1.807, 2.05) is 22.7 Å². The minimum Gasteiger partial charge on any atom is -0.369 e. The zero-order valence-corrected chi connectivity index (χ0v) is 11.1. The molecule has 18 heavy (non-hydrogen) atoms. The van der Waals surface area contributed by atoms with Crippen LogP contribution < -0.4 is 10.6 Å². The maximum absolute atomic E-state index is 14.0. The summed E-state index contributed by atoms with van der Waals surface area (Å²) < 4.78 is 14.0. The zero-order valence-electron chi connectivity index (χ0n) is 10.3. The Hall–Kier alpha value is -1.23. The first kappa shape index (κ1) is 11.8. The van der Waals surface area contributed by atoms with Crippen molar-refractivity contribution in [2.24, 2.45) is 10.7 Å². The van der Waals surface area contributed by atoms with Crippen molar-refractivity contribution >= 4 is 23.4 Å². The fraction of sp³-hybridized carbons (Fsp3) is 0.462. The van der Waals surface area contributed by atoms with Gasteiger partial charge in [0.05, 0.1) is 17.8 Å². The fourth-order valence-corrected chi connectivity index (χ4v) is 4.20. The van der Waals surface area contributed by atoms with E-state index in [1.54, 1.807) is 12.1 Å². The summed E-state index contributed by atoms with van der Waals surface area (Å²) in [5, 5.41) is 0.570. The highest BCUT2D eigenvalue weighted by atomic mass is 32.2. The molecule has 1 aromatic rings. The van der Waals surface area contributed by atoms with Crippen LogP contribution in [0.25, 0.3) is 0 Å². The van der Waals surface area contributed by atoms with Crippen LogP contribution in [0.4, 0.5) is 10.1 Å². The first-order chi connectivity index (χ1) is 8.62. The Balaban J connectivity index is 2.03. The minimum atomic E-state index is -0.235. The van der Waals surface area contributed by atoms with Gasteiger partial charge in [0.1, 0.15) is 5.82 Å². The SMILES string of the molecule is CC1CC2(CN=C(N)N2c2ccccc2F)CS1. The molecule has 1 aromatic carbocycles. The molecule has 0 saturated carbocycles. The van der Waals surface area contributed by atoms with Gasteiger partial charge < -0.3 is 10.6 Å². The number of aliphatic imine (C=N–C) groups is 1. The number of halogens is 1. The molecule has 2 N–H and O–H groups in total. The summed E-state index contributed by atoms with van der Waals surface area (Å²) in [7, 11) is 0. The van der Waals surface area contributed by atoms with Gasteiger partial charge in [0.15, 0.2) is 5.96 Å². The summed E-state index contributed by atoms with van der Waals surface area (Å²) in [6.45, 7) is 2.87. The number of nitrogens with zero attached hydrogens (tertiary/aromatic N) is 2. The van der Waals surface area contributed by atoms with Crippen LogP contribution in [0.15, 0.2) is 29.3 Å². The van der Waals surface area contributed by atoms with Crippen LogP contribution in [-0.4, -0.2) is 29.0 Å². The van der Waals surface area contributed by atoms with Crippen LogP contribution >= 0.6 is 11.8 Å². The van der Waals surface area contributed by atoms with E-state index < -0.39 is 0 Å². The normalized spacial score (nSPS) is 31.1. The lowest BCUT2D eigenvalue weighted by Gasteiger charge is -2.35. The van der Waals surface area contributed by atoms with Gasteiger partial charge in [-0.3, -0.25) is 4.99 Å². The number of thioether (sulfide) groups is 1. The molecule has 96 valence electrons. The summed E-state index contributed by atoms with van der Waals surface area (Å²) in [4.78, 5) is 6.25. The number of benzene rings is 1. The van der Waals surface area contributed by atoms with Crippen molar-refractivity contribution in [1.82, 2.24) is 0 Å². The second-order valence-electron chi connectivity index (χ2n) is 5.01. The van der Waals surface area contributed by atoms with Gasteiger partial charge in [-0.05, 0) is 18.6 Å². The molecule has 0 aliphatic carbocycles. The highest BCUT2D eigenvalue weighted by molar-refractivity contribution is 8.00. The van der Waals surface area contributed by atoms with Crippen molar-refractivity contribution in [3.63, 3.8) is 0 Å². The van der Waals surface area contributed by atoms with E-state index in [9.17, 15) is 4.39 Å². The summed E-state index contributed by atoms with van der Waals surface area (Å²) in [6, 6.07) is 6.78. The van der Waals surface area contributed by atoms with Gasteiger partial charge in [-0.2, -0.15) is 11.8 Å². The number of hydrogen-bond acceptors (Lipinski definition) is 4. The molecule has 2 aliphatic heterocycles. The van der Waals surface area contributed by atoms with Gasteiger partial charge >= 0.3 is 0 Å². The second kappa shape index (κ2) is 4.16. The highest BCUT2D eigenvalue weighted by Crippen LogP contribution is 2.43. The van der Waals surface area contributed by atoms with E-state index in [-0.39, 0.29) is 11.4 Å². The average Bonchev–Trinajstić information content (AvgIpc) is 2.86. The number of para-hydroxylation sites is 1. The van der Waals surface area contributed by atoms with Crippen LogP contribution in [0.1, 0.15) is 13.3 Å². The maximum Gasteiger partial charge on any atom is 0.196 e. The lowest BCUT2D eigenvalue weighted by molar-refractivity contribution is 0.486. The lowest BCUT2D eigenvalue weighted by atomic mass is 9.94. The first-order valence-corrected chi connectivity index (χ1v) is 7.14. The Morgan fingerprint density at radius 1 is 1.50 bits per heavy atom. The molecule has 2 heterocycles. The van der Waals surface area contributed by atoms with E-state index >= 15 is 0 Å². The van der Waals surface area contributed by atoms with E-state index in [1.165, 1.54) is 6.07 Å². The van der Waals surface area contributed by atoms with E-state index in [2.05, 4.69) is 11.9 Å². The third-order valence-electron chi connectivity index (χ3n) is 3.64. The molecule has 1 spiro atoms. The Morgan fingerprint density at radius 3 is 2.94 bits per heavy atom. The van der Waals surface area contributed by atoms with E-state index in [4.69, 9.17) is 5.73 Å². The van der Waals surface area contributed by atoms with Crippen molar-refractivity contribution in [2.45, 2.75) is 24.1 Å². The van der Waals surface area contributed by atoms with Crippen molar-refractivity contribution in [1.29, 1.82) is 0 Å². The predicted octanol–water partition coefficient (Wildman–Crippen LogP) is 2.22. The molecule has 0 radical (unpaired) electrons. The molecule has 0 amide bonds. The number of nitrogens with two attached hydrogens (primary N) is 1. The summed E-state index contributed by atoms with van der Waals surface area (Å²) in [6.07, 6.45) is 0.996. The second-order valence-corrected chi connectivity index (χ2v) is 6.44. The van der Waals surface area contributed by atoms with Crippen molar-refractivity contribution in [3.05, 3.63) is 30.1 Å². The lowest BCUT2D eigenvalue weighted by Crippen LogP contribution is -2.52. The van der Waals surface area contributed by atoms with Crippen molar-refractivity contribution in [3.8, 4) is 0 Å². The van der Waals surface area contributed by atoms with E-state index in [0.29, 0.717) is 23.4 Å². The van der Waals surface area contributed by atoms with Gasteiger partial charge in [-0.15, -0.1) is 0 Å². The molecule has 1 fully saturated rings. The average molecular weight is 265 g/mol. The number of guanidine groups is 1. The molecule has 2 unspecified atom stereocenters. The van der Waals surface area contributed by atoms with Crippen LogP contribution in [0.3, 0.4) is 0 Å². The van der Waals surface area contributed by atoms with Gasteiger partial charge in [0, 0.05) is 11.0 Å². The summed E-state index contributed by atoms with van der Waals surface area (Å²) in [5.74, 6) is 1.16. The topological polar surface area (TPSA) is 41.6 Å². The monoisotopic (exact) mass is 265 g/mol. The molecule has 0 aromatic heterocycles. The molecule has 2 aliphatic rings. The number of hydrogen-bond donors (Lipinski definition) is 1. The number of rotatable bonds is 1. The Bertz CT molecular complexity index is 505. The van der Waals surface area contributed by atoms with Gasteiger partial charge in [-0.25, -0.2) is 4.39 Å². The summed E-state index contributed by atoms with van der Waals surface area (Å²) >= 11 is 1.91. The largest absolute Gasteiger partial charge is 0.369 e. The van der Waals surface area contributed by atoms with Crippen LogP contribution in [0.2, 0.25) is 0 Å². The first-order valence-electron chi connectivity index (χ1n) is 6.09. The van der Waals surface area contributed by atoms with Gasteiger partial charge in [0.2, 0.25) is 0 Å². The van der Waals surface area contributed by atoms with Crippen LogP contribution in [0, 0.1) is 5.82 Å².